The van der Waals surface area contributed by atoms with Crippen molar-refractivity contribution in [3.8, 4) is 0 Å². The number of hydrogen-bond acceptors (Lipinski definition) is 5. The van der Waals surface area contributed by atoms with Crippen LogP contribution in [0.4, 0.5) is 16.3 Å². The molecule has 0 atom stereocenters. The van der Waals surface area contributed by atoms with Crippen molar-refractivity contribution in [2.75, 3.05) is 36.8 Å². The first-order valence-corrected chi connectivity index (χ1v) is 13.3. The van der Waals surface area contributed by atoms with Crippen LogP contribution in [0.15, 0.2) is 72.8 Å². The van der Waals surface area contributed by atoms with Gasteiger partial charge in [0.1, 0.15) is 5.82 Å². The second kappa shape index (κ2) is 17.6. The maximum absolute atomic E-state index is 13.4. The van der Waals surface area contributed by atoms with E-state index in [-0.39, 0.29) is 60.0 Å². The van der Waals surface area contributed by atoms with Gasteiger partial charge in [0, 0.05) is 32.2 Å². The van der Waals surface area contributed by atoms with E-state index in [2.05, 4.69) is 41.5 Å². The van der Waals surface area contributed by atoms with Gasteiger partial charge in [0.15, 0.2) is 5.96 Å². The Kier molecular flexibility index (Phi) is 15.3. The van der Waals surface area contributed by atoms with Crippen LogP contribution in [0.3, 0.4) is 0 Å². The van der Waals surface area contributed by atoms with Crippen LogP contribution in [-0.4, -0.2) is 73.6 Å². The van der Waals surface area contributed by atoms with Crippen LogP contribution in [0.2, 0.25) is 0 Å². The number of benzene rings is 3. The lowest BCUT2D eigenvalue weighted by Gasteiger charge is -2.32. The first-order valence-electron chi connectivity index (χ1n) is 13.3. The molecular weight excluding hydrogens is 632 g/mol. The van der Waals surface area contributed by atoms with Crippen molar-refractivity contribution >= 4 is 77.1 Å². The number of hydrogen-bond donors (Lipinski definition) is 5. The number of fused-ring (bicyclic) bond motifs is 2. The lowest BCUT2D eigenvalue weighted by molar-refractivity contribution is 0.222. The molecule has 1 saturated heterocycles. The third-order valence-corrected chi connectivity index (χ3v) is 7.19. The van der Waals surface area contributed by atoms with Crippen molar-refractivity contribution in [2.24, 2.45) is 0 Å². The van der Waals surface area contributed by atoms with Gasteiger partial charge in [-0.2, -0.15) is 0 Å². The molecule has 15 heteroatoms. The Morgan fingerprint density at radius 2 is 1.55 bits per heavy atom. The summed E-state index contributed by atoms with van der Waals surface area (Å²) in [5, 5.41) is 18.0. The van der Waals surface area contributed by atoms with Crippen LogP contribution in [0.1, 0.15) is 18.4 Å². The van der Waals surface area contributed by atoms with Gasteiger partial charge in [-0.3, -0.25) is 10.7 Å². The Morgan fingerprint density at radius 1 is 0.886 bits per heavy atom. The van der Waals surface area contributed by atoms with Crippen molar-refractivity contribution in [1.29, 1.82) is 5.41 Å². The second-order valence-electron chi connectivity index (χ2n) is 9.93. The minimum Gasteiger partial charge on any atom is -0.412 e. The summed E-state index contributed by atoms with van der Waals surface area (Å²) in [6, 6.07) is 22.9. The zero-order chi connectivity index (χ0) is 26.6. The molecule has 1 aliphatic rings. The molecule has 1 fully saturated rings. The van der Waals surface area contributed by atoms with E-state index in [0.29, 0.717) is 25.1 Å². The summed E-state index contributed by atoms with van der Waals surface area (Å²) in [5.41, 5.74) is 4.85. The quantitative estimate of drug-likeness (QED) is 0.122. The Morgan fingerprint density at radius 3 is 2.25 bits per heavy atom. The summed E-state index contributed by atoms with van der Waals surface area (Å²) in [6.45, 7) is 4.11. The van der Waals surface area contributed by atoms with Crippen molar-refractivity contribution < 1.29 is 15.3 Å². The molecule has 44 heavy (non-hydrogen) atoms. The molecule has 9 N–H and O–H groups in total. The maximum Gasteiger partial charge on any atom is 0.208 e. The Hall–Kier alpha value is -3.65. The molecule has 3 heterocycles. The van der Waals surface area contributed by atoms with Crippen LogP contribution in [0.25, 0.3) is 22.1 Å². The Bertz CT molecular complexity index is 1560. The topological polar surface area (TPSA) is 173 Å². The number of halogens is 4. The molecule has 3 aromatic carbocycles. The van der Waals surface area contributed by atoms with Gasteiger partial charge in [0.2, 0.25) is 11.9 Å². The molecule has 0 spiro atoms. The van der Waals surface area contributed by atoms with Crippen molar-refractivity contribution in [2.45, 2.75) is 25.4 Å². The Labute approximate surface area is 273 Å². The summed E-state index contributed by atoms with van der Waals surface area (Å²) >= 11 is 0. The fraction of sp³-hybridized carbons (Fsp3) is 0.276. The highest BCUT2D eigenvalue weighted by Crippen LogP contribution is 2.24. The predicted octanol–water partition coefficient (Wildman–Crippen LogP) is 4.23. The number of likely N-dealkylation sites (tertiary alicyclic amines) is 1. The van der Waals surface area contributed by atoms with E-state index in [1.807, 2.05) is 54.6 Å². The average molecular weight is 671 g/mol. The molecule has 6 rings (SSSR count). The van der Waals surface area contributed by atoms with Crippen molar-refractivity contribution in [3.05, 3.63) is 84.2 Å². The highest BCUT2D eigenvalue weighted by Gasteiger charge is 2.21. The number of aromatic amines is 1. The number of H-pyrrole nitrogens is 1. The van der Waals surface area contributed by atoms with Gasteiger partial charge in [-0.25, -0.2) is 14.4 Å². The van der Waals surface area contributed by atoms with Crippen LogP contribution in [-0.2, 0) is 6.54 Å². The molecule has 0 aliphatic carbocycles. The molecule has 11 nitrogen and oxygen atoms in total. The van der Waals surface area contributed by atoms with Gasteiger partial charge in [-0.1, -0.05) is 36.4 Å². The van der Waals surface area contributed by atoms with E-state index in [1.165, 1.54) is 12.1 Å². The van der Waals surface area contributed by atoms with Gasteiger partial charge in [-0.05, 0) is 54.8 Å². The first kappa shape index (κ1) is 38.4. The van der Waals surface area contributed by atoms with Crippen molar-refractivity contribution in [1.82, 2.24) is 29.7 Å². The normalized spacial score (nSPS) is 12.9. The molecule has 0 radical (unpaired) electrons. The van der Waals surface area contributed by atoms with E-state index in [9.17, 15) is 4.39 Å². The fourth-order valence-electron chi connectivity index (χ4n) is 5.12. The Balaban J connectivity index is 0.00000194. The lowest BCUT2D eigenvalue weighted by atomic mass is 10.1. The number of nitrogens with one attached hydrogen (secondary N) is 5. The molecule has 1 aliphatic heterocycles. The average Bonchev–Trinajstić information content (AvgIpc) is 3.51. The molecule has 0 unspecified atom stereocenters. The van der Waals surface area contributed by atoms with E-state index in [4.69, 9.17) is 10.4 Å². The third kappa shape index (κ3) is 9.18. The SMILES string of the molecule is Cl.Cl.Cl.N=C(NCCN1CCC(Nc2nc3ccccc3n2Cc2ccc(F)cc2)CC1)Nc1nc2ccccc2[nH]1.O.O. The number of imidazole rings is 2. The number of para-hydroxylation sites is 4. The van der Waals surface area contributed by atoms with Gasteiger partial charge >= 0.3 is 0 Å². The van der Waals surface area contributed by atoms with E-state index in [0.717, 1.165) is 66.1 Å². The fourth-order valence-corrected chi connectivity index (χ4v) is 5.12. The highest BCUT2D eigenvalue weighted by atomic mass is 35.5. The predicted molar refractivity (Wildman–Crippen MR) is 183 cm³/mol. The van der Waals surface area contributed by atoms with Gasteiger partial charge in [0.25, 0.3) is 0 Å². The number of aromatic nitrogens is 4. The van der Waals surface area contributed by atoms with Gasteiger partial charge in [0.05, 0.1) is 28.6 Å². The standard InChI is InChI=1S/C29H32FN9.3ClH.2H2O/c30-21-11-9-20(10-12-21)19-39-26-8-4-3-7-25(26)36-29(39)33-22-13-16-38(17-14-22)18-15-32-27(31)37-28-34-23-5-1-2-6-24(23)35-28;;;;;/h1-12,22H,13-19H2,(H,33,36)(H4,31,32,34,35,37);3*1H;2*1H2. The maximum atomic E-state index is 13.4. The zero-order valence-electron chi connectivity index (χ0n) is 23.8. The van der Waals surface area contributed by atoms with Gasteiger partial charge in [-0.15, -0.1) is 37.2 Å². The summed E-state index contributed by atoms with van der Waals surface area (Å²) in [6.07, 6.45) is 2.02. The van der Waals surface area contributed by atoms with Crippen molar-refractivity contribution in [3.63, 3.8) is 0 Å². The molecule has 0 bridgehead atoms. The third-order valence-electron chi connectivity index (χ3n) is 7.19. The summed E-state index contributed by atoms with van der Waals surface area (Å²) < 4.78 is 15.6. The van der Waals surface area contributed by atoms with Gasteiger partial charge < -0.3 is 36.0 Å². The molecular formula is C29H39Cl3FN9O2. The van der Waals surface area contributed by atoms with E-state index < -0.39 is 0 Å². The summed E-state index contributed by atoms with van der Waals surface area (Å²) in [4.78, 5) is 14.9. The largest absolute Gasteiger partial charge is 0.412 e. The molecule has 240 valence electrons. The molecule has 0 saturated carbocycles. The number of anilines is 2. The van der Waals surface area contributed by atoms with Crippen LogP contribution in [0.5, 0.6) is 0 Å². The minimum absolute atomic E-state index is 0. The second-order valence-corrected chi connectivity index (χ2v) is 9.93. The number of nitrogens with zero attached hydrogens (tertiary/aromatic N) is 4. The van der Waals surface area contributed by atoms with E-state index >= 15 is 0 Å². The van der Waals surface area contributed by atoms with E-state index in [1.54, 1.807) is 0 Å². The highest BCUT2D eigenvalue weighted by molar-refractivity contribution is 5.91. The lowest BCUT2D eigenvalue weighted by Crippen LogP contribution is -2.43. The smallest absolute Gasteiger partial charge is 0.208 e. The number of rotatable bonds is 8. The molecule has 0 amide bonds. The zero-order valence-corrected chi connectivity index (χ0v) is 26.3. The minimum atomic E-state index is -0.228. The summed E-state index contributed by atoms with van der Waals surface area (Å²) in [7, 11) is 0. The first-order chi connectivity index (χ1) is 19.1. The summed E-state index contributed by atoms with van der Waals surface area (Å²) in [5.74, 6) is 1.41. The number of piperidine rings is 1. The molecule has 5 aromatic rings. The van der Waals surface area contributed by atoms with Crippen LogP contribution >= 0.6 is 37.2 Å². The monoisotopic (exact) mass is 669 g/mol. The van der Waals surface area contributed by atoms with Crippen LogP contribution in [0, 0.1) is 11.2 Å². The molecule has 2 aromatic heterocycles. The van der Waals surface area contributed by atoms with Crippen LogP contribution < -0.4 is 16.0 Å². The number of guanidine groups is 1.